The molecular formula is C28H25F4N5O4. The van der Waals surface area contributed by atoms with Gasteiger partial charge in [0.15, 0.2) is 0 Å². The highest BCUT2D eigenvalue weighted by molar-refractivity contribution is 5.99. The number of fused-ring (bicyclic) bond motifs is 2. The number of benzene rings is 2. The van der Waals surface area contributed by atoms with Gasteiger partial charge in [-0.2, -0.15) is 18.3 Å². The number of hydrogen-bond acceptors (Lipinski definition) is 6. The molecule has 2 aromatic heterocycles. The van der Waals surface area contributed by atoms with E-state index in [0.717, 1.165) is 23.8 Å². The van der Waals surface area contributed by atoms with Gasteiger partial charge in [0.1, 0.15) is 29.3 Å². The molecular weight excluding hydrogens is 546 g/mol. The molecule has 5 rings (SSSR count). The number of carbonyl (C=O) groups excluding carboxylic acids is 2. The minimum absolute atomic E-state index is 0.0178. The van der Waals surface area contributed by atoms with Crippen molar-refractivity contribution in [2.24, 2.45) is 5.73 Å². The van der Waals surface area contributed by atoms with Crippen LogP contribution in [0.15, 0.2) is 48.7 Å². The highest BCUT2D eigenvalue weighted by atomic mass is 19.4. The van der Waals surface area contributed by atoms with Gasteiger partial charge in [-0.3, -0.25) is 14.7 Å². The predicted octanol–water partition coefficient (Wildman–Crippen LogP) is 3.64. The van der Waals surface area contributed by atoms with E-state index in [4.69, 9.17) is 10.5 Å². The number of aryl methyl sites for hydroxylation is 1. The van der Waals surface area contributed by atoms with Crippen LogP contribution in [-0.4, -0.2) is 51.4 Å². The number of aromatic amines is 1. The number of rotatable bonds is 7. The molecule has 4 aromatic rings. The summed E-state index contributed by atoms with van der Waals surface area (Å²) in [5.74, 6) is -2.35. The van der Waals surface area contributed by atoms with Crippen molar-refractivity contribution in [1.29, 1.82) is 0 Å². The van der Waals surface area contributed by atoms with Gasteiger partial charge in [0.25, 0.3) is 5.91 Å². The average molecular weight is 572 g/mol. The van der Waals surface area contributed by atoms with Crippen molar-refractivity contribution in [3.63, 3.8) is 0 Å². The molecule has 0 saturated carbocycles. The third-order valence-electron chi connectivity index (χ3n) is 7.41. The van der Waals surface area contributed by atoms with Crippen LogP contribution in [0.5, 0.6) is 5.75 Å². The van der Waals surface area contributed by atoms with Gasteiger partial charge in [-0.05, 0) is 61.4 Å². The number of halogens is 4. The first kappa shape index (κ1) is 28.0. The normalized spacial score (nSPS) is 18.0. The Labute approximate surface area is 230 Å². The Bertz CT molecular complexity index is 1670. The van der Waals surface area contributed by atoms with Crippen molar-refractivity contribution >= 4 is 22.7 Å². The number of aliphatic hydroxyl groups is 1. The monoisotopic (exact) mass is 571 g/mol. The molecule has 1 unspecified atom stereocenters. The van der Waals surface area contributed by atoms with E-state index in [1.165, 1.54) is 37.4 Å². The van der Waals surface area contributed by atoms with Crippen LogP contribution in [0, 0.1) is 5.82 Å². The number of amides is 2. The quantitative estimate of drug-likeness (QED) is 0.250. The maximum atomic E-state index is 14.6. The number of nitrogens with zero attached hydrogens (tertiary/aromatic N) is 2. The number of ether oxygens (including phenoxy) is 1. The zero-order valence-electron chi connectivity index (χ0n) is 21.9. The second-order valence-electron chi connectivity index (χ2n) is 10.1. The fourth-order valence-electron chi connectivity index (χ4n) is 4.79. The molecule has 1 aliphatic rings. The molecule has 41 heavy (non-hydrogen) atoms. The van der Waals surface area contributed by atoms with Gasteiger partial charge in [-0.1, -0.05) is 6.92 Å². The van der Waals surface area contributed by atoms with Crippen molar-refractivity contribution in [1.82, 2.24) is 20.5 Å². The zero-order chi connectivity index (χ0) is 29.7. The number of pyridine rings is 1. The van der Waals surface area contributed by atoms with Crippen molar-refractivity contribution in [3.8, 4) is 17.0 Å². The second-order valence-corrected chi connectivity index (χ2v) is 10.1. The summed E-state index contributed by atoms with van der Waals surface area (Å²) in [6.45, 7) is 1.66. The molecule has 0 spiro atoms. The number of H-pyrrole nitrogens is 1. The largest absolute Gasteiger partial charge is 0.489 e. The van der Waals surface area contributed by atoms with Crippen LogP contribution in [0.25, 0.3) is 22.2 Å². The molecule has 1 aliphatic heterocycles. The maximum Gasteiger partial charge on any atom is 0.424 e. The van der Waals surface area contributed by atoms with E-state index in [1.54, 1.807) is 0 Å². The third kappa shape index (κ3) is 4.65. The van der Waals surface area contributed by atoms with E-state index in [0.29, 0.717) is 17.3 Å². The molecule has 0 bridgehead atoms. The molecule has 2 aromatic carbocycles. The van der Waals surface area contributed by atoms with Crippen molar-refractivity contribution < 1.29 is 37.0 Å². The van der Waals surface area contributed by atoms with Crippen molar-refractivity contribution in [3.05, 3.63) is 76.9 Å². The Morgan fingerprint density at radius 1 is 1.20 bits per heavy atom. The van der Waals surface area contributed by atoms with Gasteiger partial charge >= 0.3 is 6.18 Å². The minimum atomic E-state index is -5.33. The smallest absolute Gasteiger partial charge is 0.424 e. The summed E-state index contributed by atoms with van der Waals surface area (Å²) >= 11 is 0. The van der Waals surface area contributed by atoms with Crippen LogP contribution < -0.4 is 15.8 Å². The van der Waals surface area contributed by atoms with Crippen molar-refractivity contribution in [2.75, 3.05) is 13.2 Å². The van der Waals surface area contributed by atoms with Crippen LogP contribution in [0.1, 0.15) is 41.0 Å². The predicted molar refractivity (Wildman–Crippen MR) is 139 cm³/mol. The van der Waals surface area contributed by atoms with E-state index < -0.39 is 47.1 Å². The van der Waals surface area contributed by atoms with Crippen LogP contribution in [0.3, 0.4) is 0 Å². The molecule has 2 atom stereocenters. The fraction of sp³-hybridized carbons (Fsp3) is 0.286. The summed E-state index contributed by atoms with van der Waals surface area (Å²) in [5, 5.41) is 20.7. The summed E-state index contributed by atoms with van der Waals surface area (Å²) in [7, 11) is 0. The molecule has 214 valence electrons. The SMILES string of the molecule is CCc1cc(C(=O)NCC(O)(c2cc3c(c(-c4ccc(F)cc4)n2)OC[C@]3(C)C(N)=O)C(F)(F)F)cc2cn[nH]c12. The summed E-state index contributed by atoms with van der Waals surface area (Å²) in [5.41, 5.74) is 0.928. The number of nitrogens with one attached hydrogen (secondary N) is 2. The van der Waals surface area contributed by atoms with Gasteiger partial charge in [0, 0.05) is 22.1 Å². The van der Waals surface area contributed by atoms with E-state index in [2.05, 4.69) is 20.5 Å². The minimum Gasteiger partial charge on any atom is -0.489 e. The summed E-state index contributed by atoms with van der Waals surface area (Å²) < 4.78 is 63.0. The van der Waals surface area contributed by atoms with Crippen LogP contribution >= 0.6 is 0 Å². The lowest BCUT2D eigenvalue weighted by molar-refractivity contribution is -0.265. The highest BCUT2D eigenvalue weighted by Gasteiger charge is 2.57. The molecule has 2 amide bonds. The first-order valence-corrected chi connectivity index (χ1v) is 12.6. The first-order chi connectivity index (χ1) is 19.3. The molecule has 13 heteroatoms. The van der Waals surface area contributed by atoms with Crippen LogP contribution in [0.4, 0.5) is 17.6 Å². The van der Waals surface area contributed by atoms with E-state index in [1.807, 2.05) is 6.92 Å². The highest BCUT2D eigenvalue weighted by Crippen LogP contribution is 2.47. The number of aromatic nitrogens is 3. The lowest BCUT2D eigenvalue weighted by Crippen LogP contribution is -2.51. The van der Waals surface area contributed by atoms with Gasteiger partial charge < -0.3 is 20.9 Å². The fourth-order valence-corrected chi connectivity index (χ4v) is 4.79. The van der Waals surface area contributed by atoms with Crippen LogP contribution in [-0.2, 0) is 22.2 Å². The molecule has 5 N–H and O–H groups in total. The summed E-state index contributed by atoms with van der Waals surface area (Å²) in [4.78, 5) is 29.5. The van der Waals surface area contributed by atoms with Gasteiger partial charge in [0.05, 0.1) is 24.0 Å². The number of carbonyl (C=O) groups is 2. The Morgan fingerprint density at radius 3 is 2.54 bits per heavy atom. The molecule has 9 nitrogen and oxygen atoms in total. The van der Waals surface area contributed by atoms with E-state index in [9.17, 15) is 32.3 Å². The Kier molecular flexibility index (Phi) is 6.72. The number of primary amides is 1. The Morgan fingerprint density at radius 2 is 1.90 bits per heavy atom. The molecule has 0 fully saturated rings. The molecule has 3 heterocycles. The molecule has 0 aliphatic carbocycles. The summed E-state index contributed by atoms with van der Waals surface area (Å²) in [6.07, 6.45) is -3.31. The lowest BCUT2D eigenvalue weighted by Gasteiger charge is -2.31. The average Bonchev–Trinajstić information content (AvgIpc) is 3.55. The molecule has 0 radical (unpaired) electrons. The second kappa shape index (κ2) is 9.84. The van der Waals surface area contributed by atoms with E-state index >= 15 is 0 Å². The molecule has 0 saturated heterocycles. The van der Waals surface area contributed by atoms with Crippen molar-refractivity contribution in [2.45, 2.75) is 37.5 Å². The van der Waals surface area contributed by atoms with E-state index in [-0.39, 0.29) is 34.7 Å². The van der Waals surface area contributed by atoms with Gasteiger partial charge in [-0.15, -0.1) is 0 Å². The number of alkyl halides is 3. The maximum absolute atomic E-state index is 14.6. The van der Waals surface area contributed by atoms with Crippen LogP contribution in [0.2, 0.25) is 0 Å². The Balaban J connectivity index is 1.59. The standard InChI is InChI=1S/C28H25F4N5O4/c1-3-14-8-16(9-17-11-35-37-21(14)17)24(38)34-12-27(40,28(30,31)32)20-10-19-23(41-13-26(19,2)25(33)39)22(36-20)15-4-6-18(29)7-5-15/h4-11,40H,3,12-13H2,1-2H3,(H2,33,39)(H,34,38)(H,35,37)/t26-,27?/m0/s1. The third-order valence-corrected chi connectivity index (χ3v) is 7.41. The lowest BCUT2D eigenvalue weighted by atomic mass is 9.81. The summed E-state index contributed by atoms with van der Waals surface area (Å²) in [6, 6.07) is 8.61. The van der Waals surface area contributed by atoms with Gasteiger partial charge in [-0.25, -0.2) is 9.37 Å². The van der Waals surface area contributed by atoms with Gasteiger partial charge in [0.2, 0.25) is 11.5 Å². The topological polar surface area (TPSA) is 143 Å². The number of nitrogens with two attached hydrogens (primary N) is 1. The number of hydrogen-bond donors (Lipinski definition) is 4. The zero-order valence-corrected chi connectivity index (χ0v) is 21.9. The Hall–Kier alpha value is -4.52. The first-order valence-electron chi connectivity index (χ1n) is 12.6.